The highest BCUT2D eigenvalue weighted by Gasteiger charge is 2.41. The van der Waals surface area contributed by atoms with E-state index in [1.54, 1.807) is 14.0 Å². The third kappa shape index (κ3) is 3.00. The Morgan fingerprint density at radius 2 is 2.33 bits per heavy atom. The van der Waals surface area contributed by atoms with E-state index in [1.807, 2.05) is 0 Å². The molecule has 0 unspecified atom stereocenters. The maximum absolute atomic E-state index is 10.9. The predicted octanol–water partition coefficient (Wildman–Crippen LogP) is 2.38. The van der Waals surface area contributed by atoms with Gasteiger partial charge in [-0.15, -0.1) is 0 Å². The van der Waals surface area contributed by atoms with Crippen molar-refractivity contribution in [2.24, 2.45) is 5.41 Å². The molecule has 0 radical (unpaired) electrons. The molecule has 18 heavy (non-hydrogen) atoms. The van der Waals surface area contributed by atoms with Crippen LogP contribution in [0.3, 0.4) is 0 Å². The summed E-state index contributed by atoms with van der Waals surface area (Å²) in [5.74, 6) is -0.904. The van der Waals surface area contributed by atoms with Gasteiger partial charge in [-0.25, -0.2) is 9.78 Å². The van der Waals surface area contributed by atoms with E-state index in [2.05, 4.69) is 10.3 Å². The topological polar surface area (TPSA) is 71.5 Å². The van der Waals surface area contributed by atoms with Gasteiger partial charge in [-0.1, -0.05) is 11.3 Å². The molecule has 0 aromatic carbocycles. The van der Waals surface area contributed by atoms with Gasteiger partial charge in [0.2, 0.25) is 0 Å². The minimum atomic E-state index is -0.904. The van der Waals surface area contributed by atoms with Crippen molar-refractivity contribution in [1.82, 2.24) is 4.98 Å². The van der Waals surface area contributed by atoms with Gasteiger partial charge < -0.3 is 15.2 Å². The largest absolute Gasteiger partial charge is 0.477 e. The number of rotatable bonds is 7. The van der Waals surface area contributed by atoms with E-state index in [0.717, 1.165) is 19.6 Å². The molecule has 6 heteroatoms. The average Bonchev–Trinajstić information content (AvgIpc) is 3.00. The van der Waals surface area contributed by atoms with Gasteiger partial charge in [-0.2, -0.15) is 0 Å². The van der Waals surface area contributed by atoms with Crippen molar-refractivity contribution in [2.75, 3.05) is 25.6 Å². The summed E-state index contributed by atoms with van der Waals surface area (Å²) < 4.78 is 5.11. The second-order valence-electron chi connectivity index (χ2n) is 4.84. The van der Waals surface area contributed by atoms with Crippen LogP contribution in [0.1, 0.15) is 34.6 Å². The molecule has 5 nitrogen and oxygen atoms in total. The minimum absolute atomic E-state index is 0.319. The summed E-state index contributed by atoms with van der Waals surface area (Å²) in [5.41, 5.74) is 0.913. The first-order chi connectivity index (χ1) is 8.56. The molecule has 1 saturated carbocycles. The number of carbonyl (C=O) groups is 1. The zero-order valence-corrected chi connectivity index (χ0v) is 11.5. The summed E-state index contributed by atoms with van der Waals surface area (Å²) in [7, 11) is 1.72. The highest BCUT2D eigenvalue weighted by molar-refractivity contribution is 7.17. The van der Waals surface area contributed by atoms with Crippen LogP contribution < -0.4 is 5.32 Å². The van der Waals surface area contributed by atoms with Gasteiger partial charge in [0.15, 0.2) is 5.13 Å². The van der Waals surface area contributed by atoms with E-state index in [4.69, 9.17) is 9.84 Å². The van der Waals surface area contributed by atoms with Crippen molar-refractivity contribution < 1.29 is 14.6 Å². The molecule has 0 atom stereocenters. The van der Waals surface area contributed by atoms with Crippen molar-refractivity contribution >= 4 is 22.4 Å². The smallest absolute Gasteiger partial charge is 0.347 e. The molecule has 1 aromatic rings. The molecule has 0 aliphatic heterocycles. The second kappa shape index (κ2) is 5.24. The van der Waals surface area contributed by atoms with Crippen LogP contribution >= 0.6 is 11.3 Å². The molecule has 1 fully saturated rings. The van der Waals surface area contributed by atoms with E-state index in [1.165, 1.54) is 24.2 Å². The Morgan fingerprint density at radius 3 is 2.83 bits per heavy atom. The second-order valence-corrected chi connectivity index (χ2v) is 5.83. The third-order valence-corrected chi connectivity index (χ3v) is 4.50. The summed E-state index contributed by atoms with van der Waals surface area (Å²) in [4.78, 5) is 15.5. The minimum Gasteiger partial charge on any atom is -0.477 e. The Labute approximate surface area is 110 Å². The number of hydrogen-bond donors (Lipinski definition) is 2. The quantitative estimate of drug-likeness (QED) is 0.796. The van der Waals surface area contributed by atoms with E-state index in [0.29, 0.717) is 21.1 Å². The lowest BCUT2D eigenvalue weighted by molar-refractivity contribution is 0.0701. The number of carboxylic acids is 1. The first kappa shape index (κ1) is 13.3. The summed E-state index contributed by atoms with van der Waals surface area (Å²) in [6.45, 7) is 3.35. The fourth-order valence-electron chi connectivity index (χ4n) is 1.94. The lowest BCUT2D eigenvalue weighted by Gasteiger charge is -2.14. The van der Waals surface area contributed by atoms with Gasteiger partial charge in [0.05, 0.1) is 5.69 Å². The van der Waals surface area contributed by atoms with Gasteiger partial charge in [0, 0.05) is 20.3 Å². The highest BCUT2D eigenvalue weighted by Crippen LogP contribution is 2.48. The lowest BCUT2D eigenvalue weighted by Crippen LogP contribution is -2.17. The summed E-state index contributed by atoms with van der Waals surface area (Å²) >= 11 is 1.21. The molecule has 1 aliphatic carbocycles. The first-order valence-corrected chi connectivity index (χ1v) is 6.81. The Balaban J connectivity index is 1.90. The Morgan fingerprint density at radius 1 is 1.61 bits per heavy atom. The number of thiazole rings is 1. The molecular formula is C12H18N2O3S. The van der Waals surface area contributed by atoms with Gasteiger partial charge in [-0.3, -0.25) is 0 Å². The lowest BCUT2D eigenvalue weighted by atomic mass is 10.0. The van der Waals surface area contributed by atoms with Crippen molar-refractivity contribution in [3.63, 3.8) is 0 Å². The van der Waals surface area contributed by atoms with Crippen LogP contribution in [-0.2, 0) is 4.74 Å². The van der Waals surface area contributed by atoms with Crippen molar-refractivity contribution in [3.8, 4) is 0 Å². The van der Waals surface area contributed by atoms with Crippen LogP contribution in [0.4, 0.5) is 5.13 Å². The summed E-state index contributed by atoms with van der Waals surface area (Å²) in [6, 6.07) is 0. The van der Waals surface area contributed by atoms with Crippen LogP contribution in [0, 0.1) is 12.3 Å². The number of nitrogens with zero attached hydrogens (tertiary/aromatic N) is 1. The van der Waals surface area contributed by atoms with Crippen LogP contribution in [0.2, 0.25) is 0 Å². The Kier molecular flexibility index (Phi) is 3.87. The molecular weight excluding hydrogens is 252 g/mol. The van der Waals surface area contributed by atoms with Gasteiger partial charge in [0.1, 0.15) is 4.88 Å². The molecule has 0 bridgehead atoms. The van der Waals surface area contributed by atoms with Gasteiger partial charge in [0.25, 0.3) is 0 Å². The zero-order valence-electron chi connectivity index (χ0n) is 10.7. The average molecular weight is 270 g/mol. The number of anilines is 1. The highest BCUT2D eigenvalue weighted by atomic mass is 32.1. The third-order valence-electron chi connectivity index (χ3n) is 3.40. The van der Waals surface area contributed by atoms with E-state index in [-0.39, 0.29) is 0 Å². The normalized spacial score (nSPS) is 16.6. The fourth-order valence-corrected chi connectivity index (χ4v) is 2.75. The molecule has 0 spiro atoms. The standard InChI is InChI=1S/C12H18N2O3S/c1-8-9(10(15)16)18-11(14-8)13-7-12(3-4-12)5-6-17-2/h3-7H2,1-2H3,(H,13,14)(H,15,16). The van der Waals surface area contributed by atoms with E-state index >= 15 is 0 Å². The van der Waals surface area contributed by atoms with Crippen molar-refractivity contribution in [1.29, 1.82) is 0 Å². The summed E-state index contributed by atoms with van der Waals surface area (Å²) in [5, 5.41) is 12.9. The number of aromatic nitrogens is 1. The molecule has 0 amide bonds. The number of aromatic carboxylic acids is 1. The predicted molar refractivity (Wildman–Crippen MR) is 70.5 cm³/mol. The number of methoxy groups -OCH3 is 1. The molecule has 1 aromatic heterocycles. The van der Waals surface area contributed by atoms with E-state index in [9.17, 15) is 4.79 Å². The Hall–Kier alpha value is -1.14. The number of nitrogens with one attached hydrogen (secondary N) is 1. The van der Waals surface area contributed by atoms with Gasteiger partial charge in [-0.05, 0) is 31.6 Å². The van der Waals surface area contributed by atoms with Crippen LogP contribution in [0.5, 0.6) is 0 Å². The van der Waals surface area contributed by atoms with Crippen molar-refractivity contribution in [3.05, 3.63) is 10.6 Å². The molecule has 1 heterocycles. The monoisotopic (exact) mass is 270 g/mol. The molecule has 1 aliphatic rings. The van der Waals surface area contributed by atoms with Crippen LogP contribution in [-0.4, -0.2) is 36.3 Å². The van der Waals surface area contributed by atoms with Gasteiger partial charge >= 0.3 is 5.97 Å². The number of aryl methyl sites for hydroxylation is 1. The number of hydrogen-bond acceptors (Lipinski definition) is 5. The maximum atomic E-state index is 10.9. The molecule has 0 saturated heterocycles. The molecule has 100 valence electrons. The first-order valence-electron chi connectivity index (χ1n) is 6.00. The number of ether oxygens (including phenoxy) is 1. The van der Waals surface area contributed by atoms with Crippen molar-refractivity contribution in [2.45, 2.75) is 26.2 Å². The molecule has 2 rings (SSSR count). The maximum Gasteiger partial charge on any atom is 0.347 e. The van der Waals surface area contributed by atoms with Crippen LogP contribution in [0.15, 0.2) is 0 Å². The Bertz CT molecular complexity index is 441. The number of carboxylic acid groups (broad SMARTS) is 1. The molecule has 2 N–H and O–H groups in total. The fraction of sp³-hybridized carbons (Fsp3) is 0.667. The van der Waals surface area contributed by atoms with Crippen LogP contribution in [0.25, 0.3) is 0 Å². The summed E-state index contributed by atoms with van der Waals surface area (Å²) in [6.07, 6.45) is 3.46. The zero-order chi connectivity index (χ0) is 13.2. The SMILES string of the molecule is COCCC1(CNc2nc(C)c(C(=O)O)s2)CC1. The van der Waals surface area contributed by atoms with E-state index < -0.39 is 5.97 Å².